The van der Waals surface area contributed by atoms with Crippen LogP contribution in [0.3, 0.4) is 0 Å². The van der Waals surface area contributed by atoms with E-state index in [1.807, 2.05) is 6.07 Å². The Morgan fingerprint density at radius 2 is 2.10 bits per heavy atom. The van der Waals surface area contributed by atoms with Gasteiger partial charge in [-0.05, 0) is 36.8 Å². The number of amides is 1. The number of aliphatic imine (C=N–C) groups is 1. The first-order valence-corrected chi connectivity index (χ1v) is 8.60. The summed E-state index contributed by atoms with van der Waals surface area (Å²) in [6, 6.07) is 5.40. The molecule has 0 spiro atoms. The van der Waals surface area contributed by atoms with Gasteiger partial charge in [0, 0.05) is 23.9 Å². The van der Waals surface area contributed by atoms with Crippen molar-refractivity contribution in [2.45, 2.75) is 25.1 Å². The fourth-order valence-electron chi connectivity index (χ4n) is 3.12. The van der Waals surface area contributed by atoms with Gasteiger partial charge in [0.15, 0.2) is 5.54 Å². The van der Waals surface area contributed by atoms with Crippen molar-refractivity contribution in [2.24, 2.45) is 10.7 Å². The van der Waals surface area contributed by atoms with Crippen molar-refractivity contribution in [3.8, 4) is 6.07 Å². The van der Waals surface area contributed by atoms with Gasteiger partial charge in [0.05, 0.1) is 12.2 Å². The molecule has 1 aromatic heterocycles. The van der Waals surface area contributed by atoms with Crippen LogP contribution in [0.2, 0.25) is 0 Å². The predicted molar refractivity (Wildman–Crippen MR) is 98.0 cm³/mol. The van der Waals surface area contributed by atoms with Gasteiger partial charge >= 0.3 is 6.18 Å². The first-order chi connectivity index (χ1) is 14.1. The van der Waals surface area contributed by atoms with Crippen LogP contribution in [-0.4, -0.2) is 29.7 Å². The highest BCUT2D eigenvalue weighted by molar-refractivity contribution is 6.03. The average Bonchev–Trinajstić information content (AvgIpc) is 2.68. The Labute approximate surface area is 168 Å². The fraction of sp³-hybridized carbons (Fsp3) is 0.263. The third kappa shape index (κ3) is 3.76. The molecule has 2 heterocycles. The van der Waals surface area contributed by atoms with Crippen molar-refractivity contribution in [3.05, 3.63) is 58.7 Å². The molecule has 3 N–H and O–H groups in total. The Balaban J connectivity index is 2.00. The molecule has 30 heavy (non-hydrogen) atoms. The van der Waals surface area contributed by atoms with Crippen molar-refractivity contribution in [3.63, 3.8) is 0 Å². The number of ether oxygens (including phenoxy) is 1. The summed E-state index contributed by atoms with van der Waals surface area (Å²) in [5.74, 6) is -1.89. The smallest absolute Gasteiger partial charge is 0.418 e. The number of nitrogens with one attached hydrogen (secondary N) is 1. The van der Waals surface area contributed by atoms with E-state index in [0.29, 0.717) is 5.56 Å². The fourth-order valence-corrected chi connectivity index (χ4v) is 3.12. The van der Waals surface area contributed by atoms with Gasteiger partial charge in [0.1, 0.15) is 17.6 Å². The van der Waals surface area contributed by atoms with Crippen molar-refractivity contribution >= 4 is 17.6 Å². The molecule has 0 saturated heterocycles. The van der Waals surface area contributed by atoms with E-state index in [0.717, 1.165) is 18.2 Å². The van der Waals surface area contributed by atoms with Gasteiger partial charge in [-0.3, -0.25) is 4.79 Å². The molecule has 1 atom stereocenters. The number of hydrogen-bond acceptors (Lipinski definition) is 6. The quantitative estimate of drug-likeness (QED) is 0.740. The maximum atomic E-state index is 14.5. The molecule has 1 aliphatic heterocycles. The number of alkyl halides is 3. The number of nitrogens with two attached hydrogens (primary N) is 1. The van der Waals surface area contributed by atoms with E-state index in [4.69, 9.17) is 15.7 Å². The molecule has 156 valence electrons. The Kier molecular flexibility index (Phi) is 5.35. The Hall–Kier alpha value is -3.68. The zero-order chi connectivity index (χ0) is 22.1. The molecule has 2 aromatic rings. The van der Waals surface area contributed by atoms with Gasteiger partial charge in [-0.25, -0.2) is 14.4 Å². The molecular weight excluding hydrogens is 406 g/mol. The van der Waals surface area contributed by atoms with Crippen molar-refractivity contribution in [1.82, 2.24) is 4.98 Å². The van der Waals surface area contributed by atoms with Crippen LogP contribution in [-0.2, 0) is 10.3 Å². The summed E-state index contributed by atoms with van der Waals surface area (Å²) in [5.41, 5.74) is 2.12. The molecule has 0 saturated carbocycles. The van der Waals surface area contributed by atoms with Gasteiger partial charge in [-0.1, -0.05) is 0 Å². The maximum Gasteiger partial charge on any atom is 0.418 e. The number of aromatic nitrogens is 1. The number of carbonyl (C=O) groups is 1. The Morgan fingerprint density at radius 3 is 2.70 bits per heavy atom. The van der Waals surface area contributed by atoms with Crippen LogP contribution >= 0.6 is 0 Å². The van der Waals surface area contributed by atoms with Crippen LogP contribution in [0.4, 0.5) is 23.2 Å². The molecule has 7 nitrogen and oxygen atoms in total. The lowest BCUT2D eigenvalue weighted by Gasteiger charge is -2.35. The topological polar surface area (TPSA) is 113 Å². The minimum atomic E-state index is -4.96. The SMILES string of the molecule is Cc1cc(C#N)cnc1C(=O)Nc1ccc(F)c(C2(C(F)(F)F)CCOC(N)=N2)c1. The second-order valence-corrected chi connectivity index (χ2v) is 6.56. The normalized spacial score (nSPS) is 18.7. The molecule has 1 amide bonds. The van der Waals surface area contributed by atoms with Crippen LogP contribution in [0.25, 0.3) is 0 Å². The largest absolute Gasteiger partial charge is 0.465 e. The van der Waals surface area contributed by atoms with Crippen molar-refractivity contribution < 1.29 is 27.1 Å². The lowest BCUT2D eigenvalue weighted by Crippen LogP contribution is -2.47. The summed E-state index contributed by atoms with van der Waals surface area (Å²) in [4.78, 5) is 19.8. The van der Waals surface area contributed by atoms with E-state index in [2.05, 4.69) is 15.3 Å². The highest BCUT2D eigenvalue weighted by Gasteiger charge is 2.59. The molecular formula is C19H15F4N5O2. The molecule has 0 fully saturated rings. The lowest BCUT2D eigenvalue weighted by atomic mass is 9.85. The number of benzene rings is 1. The molecule has 1 unspecified atom stereocenters. The number of amidine groups is 1. The molecule has 11 heteroatoms. The van der Waals surface area contributed by atoms with E-state index in [1.54, 1.807) is 6.92 Å². The van der Waals surface area contributed by atoms with Crippen molar-refractivity contribution in [2.75, 3.05) is 11.9 Å². The average molecular weight is 421 g/mol. The summed E-state index contributed by atoms with van der Waals surface area (Å²) in [6.07, 6.45) is -4.45. The number of aryl methyl sites for hydroxylation is 1. The standard InChI is InChI=1S/C19H15F4N5O2/c1-10-6-11(8-24)9-26-15(10)16(29)27-12-2-3-14(20)13(7-12)18(19(21,22)23)4-5-30-17(25)28-18/h2-3,6-7,9H,4-5H2,1H3,(H2,25,28)(H,27,29). The van der Waals surface area contributed by atoms with Crippen LogP contribution in [0.15, 0.2) is 35.5 Å². The minimum Gasteiger partial charge on any atom is -0.465 e. The zero-order valence-corrected chi connectivity index (χ0v) is 15.5. The van der Waals surface area contributed by atoms with Gasteiger partial charge in [-0.2, -0.15) is 18.4 Å². The summed E-state index contributed by atoms with van der Waals surface area (Å²) < 4.78 is 61.0. The van der Waals surface area contributed by atoms with Crippen LogP contribution in [0, 0.1) is 24.1 Å². The van der Waals surface area contributed by atoms with Gasteiger partial charge in [-0.15, -0.1) is 0 Å². The zero-order valence-electron chi connectivity index (χ0n) is 15.5. The molecule has 0 bridgehead atoms. The highest BCUT2D eigenvalue weighted by Crippen LogP contribution is 2.47. The van der Waals surface area contributed by atoms with Crippen LogP contribution < -0.4 is 11.1 Å². The highest BCUT2D eigenvalue weighted by atomic mass is 19.4. The first kappa shape index (κ1) is 21.0. The third-order valence-corrected chi connectivity index (χ3v) is 4.58. The number of halogens is 4. The van der Waals surface area contributed by atoms with Crippen molar-refractivity contribution in [1.29, 1.82) is 5.26 Å². The van der Waals surface area contributed by atoms with E-state index >= 15 is 0 Å². The van der Waals surface area contributed by atoms with Crippen LogP contribution in [0.5, 0.6) is 0 Å². The van der Waals surface area contributed by atoms with Gasteiger partial charge in [0.2, 0.25) is 0 Å². The van der Waals surface area contributed by atoms with E-state index in [9.17, 15) is 22.4 Å². The maximum absolute atomic E-state index is 14.5. The predicted octanol–water partition coefficient (Wildman–Crippen LogP) is 3.15. The second kappa shape index (κ2) is 7.62. The first-order valence-electron chi connectivity index (χ1n) is 8.60. The summed E-state index contributed by atoms with van der Waals surface area (Å²) in [7, 11) is 0. The number of nitriles is 1. The number of anilines is 1. The number of carbonyl (C=O) groups excluding carboxylic acids is 1. The van der Waals surface area contributed by atoms with E-state index in [-0.39, 0.29) is 16.9 Å². The monoisotopic (exact) mass is 421 g/mol. The number of hydrogen-bond donors (Lipinski definition) is 2. The van der Waals surface area contributed by atoms with Gasteiger partial charge < -0.3 is 15.8 Å². The molecule has 1 aliphatic rings. The number of rotatable bonds is 3. The number of pyridine rings is 1. The Morgan fingerprint density at radius 1 is 1.37 bits per heavy atom. The molecule has 0 radical (unpaired) electrons. The summed E-state index contributed by atoms with van der Waals surface area (Å²) in [5, 5.41) is 11.3. The lowest BCUT2D eigenvalue weighted by molar-refractivity contribution is -0.196. The summed E-state index contributed by atoms with van der Waals surface area (Å²) >= 11 is 0. The summed E-state index contributed by atoms with van der Waals surface area (Å²) in [6.45, 7) is 1.15. The van der Waals surface area contributed by atoms with Crippen LogP contribution in [0.1, 0.15) is 33.6 Å². The number of nitrogens with zero attached hydrogens (tertiary/aromatic N) is 3. The second-order valence-electron chi connectivity index (χ2n) is 6.56. The van der Waals surface area contributed by atoms with E-state index < -0.39 is 48.1 Å². The molecule has 3 rings (SSSR count). The minimum absolute atomic E-state index is 0.0289. The van der Waals surface area contributed by atoms with Gasteiger partial charge in [0.25, 0.3) is 11.9 Å². The molecule has 1 aromatic carbocycles. The Bertz CT molecular complexity index is 1080. The molecule has 0 aliphatic carbocycles. The third-order valence-electron chi connectivity index (χ3n) is 4.58. The van der Waals surface area contributed by atoms with E-state index in [1.165, 1.54) is 12.3 Å².